The van der Waals surface area contributed by atoms with Gasteiger partial charge in [0.15, 0.2) is 5.65 Å². The first-order chi connectivity index (χ1) is 18.5. The normalized spacial score (nSPS) is 13.0. The third kappa shape index (κ3) is 5.13. The fourth-order valence-corrected chi connectivity index (χ4v) is 4.53. The van der Waals surface area contributed by atoms with Crippen molar-refractivity contribution in [1.29, 1.82) is 0 Å². The number of amides is 1. The Kier molecular flexibility index (Phi) is 6.33. The number of carbonyl (C=O) groups excluding carboxylic acids is 1. The van der Waals surface area contributed by atoms with Crippen LogP contribution in [-0.4, -0.2) is 39.0 Å². The molecule has 0 bridgehead atoms. The van der Waals surface area contributed by atoms with Gasteiger partial charge in [-0.1, -0.05) is 42.5 Å². The zero-order chi connectivity index (χ0) is 26.1. The van der Waals surface area contributed by atoms with Gasteiger partial charge in [-0.25, -0.2) is 9.37 Å². The summed E-state index contributed by atoms with van der Waals surface area (Å²) in [6.45, 7) is 0.546. The van der Waals surface area contributed by atoms with Crippen molar-refractivity contribution in [2.45, 2.75) is 25.2 Å². The maximum Gasteiger partial charge on any atom is 0.253 e. The lowest BCUT2D eigenvalue weighted by Gasteiger charge is -2.17. The summed E-state index contributed by atoms with van der Waals surface area (Å²) in [5, 5.41) is 8.32. The average molecular weight is 506 g/mol. The molecule has 3 aromatic carbocycles. The number of carbonyl (C=O) groups is 1. The topological polar surface area (TPSA) is 62.5 Å². The van der Waals surface area contributed by atoms with Gasteiger partial charge < -0.3 is 10.2 Å². The number of hydrogen-bond acceptors (Lipinski definition) is 4. The lowest BCUT2D eigenvalue weighted by atomic mass is 10.1. The van der Waals surface area contributed by atoms with Crippen molar-refractivity contribution in [1.82, 2.24) is 19.5 Å². The van der Waals surface area contributed by atoms with Gasteiger partial charge in [0.1, 0.15) is 11.6 Å². The Morgan fingerprint density at radius 3 is 2.45 bits per heavy atom. The molecule has 1 aliphatic rings. The molecule has 1 N–H and O–H groups in total. The number of fused-ring (bicyclic) bond motifs is 1. The average Bonchev–Trinajstić information content (AvgIpc) is 3.71. The smallest absolute Gasteiger partial charge is 0.253 e. The first kappa shape index (κ1) is 23.9. The van der Waals surface area contributed by atoms with Gasteiger partial charge in [-0.2, -0.15) is 9.61 Å². The van der Waals surface area contributed by atoms with E-state index in [0.717, 1.165) is 39.7 Å². The molecule has 0 aliphatic heterocycles. The molecular weight excluding hydrogens is 477 g/mol. The van der Waals surface area contributed by atoms with E-state index in [1.807, 2.05) is 65.2 Å². The standard InChI is InChI=1S/C31H28FN5O/c1-36(18-17-21-7-13-25(32)14-8-21)31(38)24-11-15-26(16-12-24)33-29-19-27(22-5-3-2-4-6-22)34-30-20-28(23-9-10-23)35-37(29)30/h2-8,11-16,19-20,23,33H,9-10,17-18H2,1H3. The summed E-state index contributed by atoms with van der Waals surface area (Å²) in [7, 11) is 1.78. The van der Waals surface area contributed by atoms with Crippen LogP contribution in [0.4, 0.5) is 15.9 Å². The second kappa shape index (κ2) is 10.1. The van der Waals surface area contributed by atoms with E-state index < -0.39 is 0 Å². The zero-order valence-corrected chi connectivity index (χ0v) is 21.1. The highest BCUT2D eigenvalue weighted by Gasteiger charge is 2.27. The second-order valence-corrected chi connectivity index (χ2v) is 9.81. The number of aromatic nitrogens is 3. The summed E-state index contributed by atoms with van der Waals surface area (Å²) in [6, 6.07) is 28.0. The minimum atomic E-state index is -0.258. The summed E-state index contributed by atoms with van der Waals surface area (Å²) in [4.78, 5) is 19.5. The number of anilines is 2. The molecule has 2 aromatic heterocycles. The van der Waals surface area contributed by atoms with Crippen LogP contribution in [0.15, 0.2) is 91.0 Å². The Balaban J connectivity index is 1.20. The van der Waals surface area contributed by atoms with Gasteiger partial charge in [-0.15, -0.1) is 0 Å². The number of nitrogens with zero attached hydrogens (tertiary/aromatic N) is 4. The van der Waals surface area contributed by atoms with Crippen LogP contribution in [0.5, 0.6) is 0 Å². The molecule has 1 fully saturated rings. The summed E-state index contributed by atoms with van der Waals surface area (Å²) >= 11 is 0. The van der Waals surface area contributed by atoms with Crippen LogP contribution in [-0.2, 0) is 6.42 Å². The largest absolute Gasteiger partial charge is 0.341 e. The number of hydrogen-bond donors (Lipinski definition) is 1. The van der Waals surface area contributed by atoms with E-state index in [0.29, 0.717) is 24.4 Å². The minimum Gasteiger partial charge on any atom is -0.341 e. The van der Waals surface area contributed by atoms with E-state index in [4.69, 9.17) is 10.1 Å². The highest BCUT2D eigenvalue weighted by molar-refractivity contribution is 5.94. The summed E-state index contributed by atoms with van der Waals surface area (Å²) in [5.41, 5.74) is 6.25. The summed E-state index contributed by atoms with van der Waals surface area (Å²) < 4.78 is 15.0. The van der Waals surface area contributed by atoms with Crippen molar-refractivity contribution >= 4 is 23.1 Å². The van der Waals surface area contributed by atoms with Gasteiger partial charge in [0.05, 0.1) is 11.4 Å². The van der Waals surface area contributed by atoms with E-state index in [2.05, 4.69) is 11.4 Å². The van der Waals surface area contributed by atoms with Crippen molar-refractivity contribution in [2.24, 2.45) is 0 Å². The van der Waals surface area contributed by atoms with E-state index in [1.54, 1.807) is 24.1 Å². The molecule has 0 unspecified atom stereocenters. The molecule has 190 valence electrons. The van der Waals surface area contributed by atoms with Crippen LogP contribution < -0.4 is 5.32 Å². The van der Waals surface area contributed by atoms with E-state index >= 15 is 0 Å². The minimum absolute atomic E-state index is 0.0579. The van der Waals surface area contributed by atoms with Crippen LogP contribution in [0.25, 0.3) is 16.9 Å². The van der Waals surface area contributed by atoms with Crippen LogP contribution in [0, 0.1) is 5.82 Å². The van der Waals surface area contributed by atoms with E-state index in [-0.39, 0.29) is 11.7 Å². The molecule has 1 saturated carbocycles. The molecule has 0 radical (unpaired) electrons. The zero-order valence-electron chi connectivity index (χ0n) is 21.1. The Morgan fingerprint density at radius 1 is 1.00 bits per heavy atom. The number of rotatable bonds is 8. The maximum absolute atomic E-state index is 13.1. The molecule has 1 amide bonds. The Labute approximate surface area is 220 Å². The van der Waals surface area contributed by atoms with Crippen molar-refractivity contribution in [3.8, 4) is 11.3 Å². The molecule has 1 aliphatic carbocycles. The van der Waals surface area contributed by atoms with Gasteiger partial charge in [-0.3, -0.25) is 4.79 Å². The summed E-state index contributed by atoms with van der Waals surface area (Å²) in [6.07, 6.45) is 3.01. The van der Waals surface area contributed by atoms with Crippen LogP contribution >= 0.6 is 0 Å². The molecule has 6 rings (SSSR count). The fraction of sp³-hybridized carbons (Fsp3) is 0.194. The van der Waals surface area contributed by atoms with E-state index in [1.165, 1.54) is 25.0 Å². The van der Waals surface area contributed by atoms with Gasteiger partial charge in [0.2, 0.25) is 0 Å². The second-order valence-electron chi connectivity index (χ2n) is 9.81. The third-order valence-electron chi connectivity index (χ3n) is 6.91. The van der Waals surface area contributed by atoms with Crippen molar-refractivity contribution < 1.29 is 9.18 Å². The maximum atomic E-state index is 13.1. The third-order valence-corrected chi connectivity index (χ3v) is 6.91. The highest BCUT2D eigenvalue weighted by atomic mass is 19.1. The quantitative estimate of drug-likeness (QED) is 0.263. The molecule has 0 spiro atoms. The van der Waals surface area contributed by atoms with Crippen molar-refractivity contribution in [2.75, 3.05) is 18.9 Å². The molecular formula is C31H28FN5O. The molecule has 6 nitrogen and oxygen atoms in total. The predicted molar refractivity (Wildman–Crippen MR) is 147 cm³/mol. The number of likely N-dealkylation sites (N-methyl/N-ethyl adjacent to an activating group) is 1. The van der Waals surface area contributed by atoms with Crippen LogP contribution in [0.2, 0.25) is 0 Å². The number of nitrogens with one attached hydrogen (secondary N) is 1. The lowest BCUT2D eigenvalue weighted by molar-refractivity contribution is 0.0796. The monoisotopic (exact) mass is 505 g/mol. The van der Waals surface area contributed by atoms with Gasteiger partial charge in [0.25, 0.3) is 5.91 Å². The van der Waals surface area contributed by atoms with Gasteiger partial charge in [-0.05, 0) is 61.2 Å². The lowest BCUT2D eigenvalue weighted by Crippen LogP contribution is -2.28. The predicted octanol–water partition coefficient (Wildman–Crippen LogP) is 6.47. The van der Waals surface area contributed by atoms with Crippen molar-refractivity contribution in [3.05, 3.63) is 114 Å². The Morgan fingerprint density at radius 2 is 1.74 bits per heavy atom. The number of benzene rings is 3. The van der Waals surface area contributed by atoms with Gasteiger partial charge in [0, 0.05) is 48.5 Å². The molecule has 7 heteroatoms. The SMILES string of the molecule is CN(CCc1ccc(F)cc1)C(=O)c1ccc(Nc2cc(-c3ccccc3)nc3cc(C4CC4)nn23)cc1. The molecule has 5 aromatic rings. The molecule has 38 heavy (non-hydrogen) atoms. The fourth-order valence-electron chi connectivity index (χ4n) is 4.53. The molecule has 0 atom stereocenters. The van der Waals surface area contributed by atoms with E-state index in [9.17, 15) is 9.18 Å². The van der Waals surface area contributed by atoms with Crippen molar-refractivity contribution in [3.63, 3.8) is 0 Å². The Hall–Kier alpha value is -4.52. The first-order valence-corrected chi connectivity index (χ1v) is 12.9. The first-order valence-electron chi connectivity index (χ1n) is 12.9. The Bertz CT molecular complexity index is 1580. The number of halogens is 1. The highest BCUT2D eigenvalue weighted by Crippen LogP contribution is 2.40. The molecule has 2 heterocycles. The van der Waals surface area contributed by atoms with Crippen LogP contribution in [0.3, 0.4) is 0 Å². The molecule has 0 saturated heterocycles. The van der Waals surface area contributed by atoms with Crippen LogP contribution in [0.1, 0.15) is 40.4 Å². The summed E-state index contributed by atoms with van der Waals surface area (Å²) in [5.74, 6) is 1.02. The van der Waals surface area contributed by atoms with Gasteiger partial charge >= 0.3 is 0 Å².